The highest BCUT2D eigenvalue weighted by molar-refractivity contribution is 5.89. The first-order chi connectivity index (χ1) is 24.1. The van der Waals surface area contributed by atoms with Crippen LogP contribution in [0.5, 0.6) is 0 Å². The van der Waals surface area contributed by atoms with Crippen LogP contribution in [-0.4, -0.2) is 107 Å². The van der Waals surface area contributed by atoms with Crippen LogP contribution in [-0.2, 0) is 57.1 Å². The lowest BCUT2D eigenvalue weighted by molar-refractivity contribution is -0.372. The van der Waals surface area contributed by atoms with Crippen molar-refractivity contribution in [3.63, 3.8) is 0 Å². The zero-order valence-electron chi connectivity index (χ0n) is 30.6. The van der Waals surface area contributed by atoms with E-state index < -0.39 is 106 Å². The summed E-state index contributed by atoms with van der Waals surface area (Å²) in [6.07, 6.45) is -11.2. The van der Waals surface area contributed by atoms with Gasteiger partial charge in [-0.1, -0.05) is 39.0 Å². The van der Waals surface area contributed by atoms with Crippen LogP contribution in [0, 0.1) is 16.7 Å². The maximum absolute atomic E-state index is 13.8. The number of carbonyl (C=O) groups excluding carboxylic acids is 6. The standard InChI is InChI=1S/C37H46O15/c1-17-26-28(48-19(3)39)31(49-20(4)40)35(9)24(47-18(2)38)15-25-36(16-46-25,52-22(6)42)29(35)32(50-21(5)41)37(45,34(26,7)8)30(27(17)43)51-33(44)23-13-11-10-12-14-23/h10-14,24-25,27-32,43,45H,15-16H2,1-9H3/t24-,25+,27+,28+,29-,30-,31-,32+,35+,36-,37+/m0/s1. The average Bonchev–Trinajstić information content (AvgIpc) is 3.03. The van der Waals surface area contributed by atoms with E-state index in [9.17, 15) is 39.0 Å². The van der Waals surface area contributed by atoms with Crippen molar-refractivity contribution in [2.75, 3.05) is 6.61 Å². The Bertz CT molecular complexity index is 1680. The summed E-state index contributed by atoms with van der Waals surface area (Å²) in [5, 5.41) is 25.8. The molecule has 2 bridgehead atoms. The van der Waals surface area contributed by atoms with Gasteiger partial charge in [0.05, 0.1) is 23.5 Å². The van der Waals surface area contributed by atoms with E-state index in [1.165, 1.54) is 39.8 Å². The Balaban J connectivity index is 1.96. The molecule has 1 heterocycles. The molecule has 1 saturated heterocycles. The van der Waals surface area contributed by atoms with E-state index in [0.717, 1.165) is 34.6 Å². The molecule has 15 heteroatoms. The number of fused-ring (bicyclic) bond motifs is 5. The summed E-state index contributed by atoms with van der Waals surface area (Å²) in [4.78, 5) is 78.8. The second kappa shape index (κ2) is 13.6. The molecule has 52 heavy (non-hydrogen) atoms. The van der Waals surface area contributed by atoms with E-state index in [4.69, 9.17) is 33.2 Å². The Morgan fingerprint density at radius 3 is 1.81 bits per heavy atom. The Kier molecular flexibility index (Phi) is 10.1. The topological polar surface area (TPSA) is 207 Å². The zero-order valence-corrected chi connectivity index (χ0v) is 30.6. The largest absolute Gasteiger partial charge is 0.462 e. The molecular weight excluding hydrogens is 684 g/mol. The molecule has 0 aromatic heterocycles. The van der Waals surface area contributed by atoms with Crippen LogP contribution in [0.25, 0.3) is 0 Å². The molecule has 2 N–H and O–H groups in total. The summed E-state index contributed by atoms with van der Waals surface area (Å²) >= 11 is 0. The maximum Gasteiger partial charge on any atom is 0.338 e. The lowest BCUT2D eigenvalue weighted by atomic mass is 9.43. The predicted octanol–water partition coefficient (Wildman–Crippen LogP) is 2.13. The van der Waals surface area contributed by atoms with Crippen LogP contribution in [0.3, 0.4) is 0 Å². The Morgan fingerprint density at radius 2 is 1.31 bits per heavy atom. The number of carbonyl (C=O) groups is 6. The van der Waals surface area contributed by atoms with Gasteiger partial charge in [0, 0.05) is 46.5 Å². The highest BCUT2D eigenvalue weighted by atomic mass is 16.6. The van der Waals surface area contributed by atoms with Crippen LogP contribution in [0.4, 0.5) is 0 Å². The third-order valence-corrected chi connectivity index (χ3v) is 11.3. The van der Waals surface area contributed by atoms with Gasteiger partial charge in [0.15, 0.2) is 29.5 Å². The van der Waals surface area contributed by atoms with Gasteiger partial charge in [0.25, 0.3) is 0 Å². The number of aliphatic hydroxyl groups is 2. The smallest absolute Gasteiger partial charge is 0.338 e. The Hall–Kier alpha value is -4.34. The maximum atomic E-state index is 13.8. The zero-order chi connectivity index (χ0) is 38.7. The first-order valence-corrected chi connectivity index (χ1v) is 17.0. The molecule has 15 nitrogen and oxygen atoms in total. The van der Waals surface area contributed by atoms with Crippen molar-refractivity contribution in [3.05, 3.63) is 47.0 Å². The summed E-state index contributed by atoms with van der Waals surface area (Å²) in [5.41, 5.74) is -7.81. The molecular formula is C37H46O15. The van der Waals surface area contributed by atoms with Crippen LogP contribution < -0.4 is 0 Å². The van der Waals surface area contributed by atoms with Gasteiger partial charge in [-0.25, -0.2) is 4.79 Å². The van der Waals surface area contributed by atoms with E-state index in [1.807, 2.05) is 0 Å². The molecule has 3 fully saturated rings. The summed E-state index contributed by atoms with van der Waals surface area (Å²) in [5.74, 6) is -6.64. The molecule has 2 saturated carbocycles. The minimum atomic E-state index is -2.64. The van der Waals surface area contributed by atoms with Gasteiger partial charge in [0.2, 0.25) is 0 Å². The quantitative estimate of drug-likeness (QED) is 0.234. The molecule has 284 valence electrons. The lowest BCUT2D eigenvalue weighted by Crippen LogP contribution is -2.84. The predicted molar refractivity (Wildman–Crippen MR) is 176 cm³/mol. The molecule has 0 spiro atoms. The first kappa shape index (κ1) is 38.9. The highest BCUT2D eigenvalue weighted by Crippen LogP contribution is 2.66. The van der Waals surface area contributed by atoms with Crippen molar-refractivity contribution in [1.82, 2.24) is 0 Å². The monoisotopic (exact) mass is 730 g/mol. The fraction of sp³-hybridized carbons (Fsp3) is 0.622. The van der Waals surface area contributed by atoms with Gasteiger partial charge in [-0.3, -0.25) is 24.0 Å². The van der Waals surface area contributed by atoms with Crippen molar-refractivity contribution in [3.8, 4) is 0 Å². The highest BCUT2D eigenvalue weighted by Gasteiger charge is 2.81. The minimum absolute atomic E-state index is 0.0582. The molecule has 1 aromatic carbocycles. The number of aliphatic hydroxyl groups excluding tert-OH is 1. The fourth-order valence-corrected chi connectivity index (χ4v) is 9.28. The van der Waals surface area contributed by atoms with E-state index in [2.05, 4.69) is 0 Å². The third kappa shape index (κ3) is 5.96. The molecule has 0 radical (unpaired) electrons. The van der Waals surface area contributed by atoms with Gasteiger partial charge in [-0.2, -0.15) is 0 Å². The summed E-state index contributed by atoms with van der Waals surface area (Å²) in [6, 6.07) is 7.80. The number of esters is 6. The number of hydrogen-bond acceptors (Lipinski definition) is 15. The fourth-order valence-electron chi connectivity index (χ4n) is 9.28. The molecule has 0 unspecified atom stereocenters. The number of benzene rings is 1. The molecule has 1 aliphatic heterocycles. The lowest BCUT2D eigenvalue weighted by Gasteiger charge is -2.69. The molecule has 3 aliphatic carbocycles. The van der Waals surface area contributed by atoms with E-state index >= 15 is 0 Å². The van der Waals surface area contributed by atoms with E-state index in [1.54, 1.807) is 18.2 Å². The molecule has 0 amide bonds. The summed E-state index contributed by atoms with van der Waals surface area (Å²) < 4.78 is 42.1. The van der Waals surface area contributed by atoms with E-state index in [-0.39, 0.29) is 29.7 Å². The first-order valence-electron chi connectivity index (χ1n) is 17.0. The van der Waals surface area contributed by atoms with Gasteiger partial charge in [-0.15, -0.1) is 0 Å². The van der Waals surface area contributed by atoms with Gasteiger partial charge >= 0.3 is 35.8 Å². The van der Waals surface area contributed by atoms with Crippen LogP contribution in [0.2, 0.25) is 0 Å². The molecule has 1 aromatic rings. The van der Waals surface area contributed by atoms with Crippen molar-refractivity contribution < 1.29 is 72.1 Å². The van der Waals surface area contributed by atoms with Gasteiger partial charge < -0.3 is 43.4 Å². The number of rotatable bonds is 7. The van der Waals surface area contributed by atoms with Crippen LogP contribution >= 0.6 is 0 Å². The van der Waals surface area contributed by atoms with Crippen molar-refractivity contribution in [1.29, 1.82) is 0 Å². The molecule has 5 rings (SSSR count). The summed E-state index contributed by atoms with van der Waals surface area (Å²) in [6.45, 7) is 11.3. The van der Waals surface area contributed by atoms with Gasteiger partial charge in [-0.05, 0) is 30.2 Å². The van der Waals surface area contributed by atoms with Gasteiger partial charge in [0.1, 0.15) is 24.4 Å². The minimum Gasteiger partial charge on any atom is -0.462 e. The van der Waals surface area contributed by atoms with Crippen molar-refractivity contribution in [2.45, 2.75) is 123 Å². The van der Waals surface area contributed by atoms with Crippen molar-refractivity contribution in [2.24, 2.45) is 16.7 Å². The van der Waals surface area contributed by atoms with Crippen molar-refractivity contribution >= 4 is 35.8 Å². The third-order valence-electron chi connectivity index (χ3n) is 11.3. The SMILES string of the molecule is CC(=O)O[C@@H]1C2=C(C)[C@@H](O)[C@H](OC(=O)c3ccccc3)[C@@](O)([C@H](OC(C)=O)[C@@H]3[C@]4(OC(C)=O)CO[C@@H]4C[C@H](OC(C)=O)[C@@]3(C)[C@H]1OC(C)=O)C2(C)C. The normalized spacial score (nSPS) is 37.3. The van der Waals surface area contributed by atoms with E-state index in [0.29, 0.717) is 0 Å². The molecule has 11 atom stereocenters. The van der Waals surface area contributed by atoms with Crippen LogP contribution in [0.15, 0.2) is 41.5 Å². The second-order valence-corrected chi connectivity index (χ2v) is 14.8. The Morgan fingerprint density at radius 1 is 0.750 bits per heavy atom. The number of ether oxygens (including phenoxy) is 7. The second-order valence-electron chi connectivity index (χ2n) is 14.8. The Labute approximate surface area is 300 Å². The van der Waals surface area contributed by atoms with Crippen LogP contribution in [0.1, 0.15) is 79.1 Å². The average molecular weight is 731 g/mol. The number of hydrogen-bond donors (Lipinski definition) is 2. The molecule has 4 aliphatic rings. The summed E-state index contributed by atoms with van der Waals surface area (Å²) in [7, 11) is 0.